The van der Waals surface area contributed by atoms with E-state index in [1.807, 2.05) is 18.3 Å². The summed E-state index contributed by atoms with van der Waals surface area (Å²) in [7, 11) is 0. The molecule has 6 heteroatoms. The van der Waals surface area contributed by atoms with E-state index in [2.05, 4.69) is 60.0 Å². The Hall–Kier alpha value is -2.99. The number of pyridine rings is 1. The average molecular weight is 421 g/mol. The molecule has 3 heterocycles. The van der Waals surface area contributed by atoms with Crippen molar-refractivity contribution in [1.82, 2.24) is 15.2 Å². The van der Waals surface area contributed by atoms with E-state index < -0.39 is 5.60 Å². The van der Waals surface area contributed by atoms with Crippen molar-refractivity contribution in [3.63, 3.8) is 0 Å². The molecule has 1 aromatic rings. The number of nitrogens with one attached hydrogen (secondary N) is 1. The molecule has 1 fully saturated rings. The van der Waals surface area contributed by atoms with Crippen LogP contribution in [0.2, 0.25) is 0 Å². The Morgan fingerprint density at radius 2 is 2.10 bits per heavy atom. The zero-order valence-electron chi connectivity index (χ0n) is 18.6. The lowest BCUT2D eigenvalue weighted by Gasteiger charge is -2.37. The van der Waals surface area contributed by atoms with Gasteiger partial charge < -0.3 is 15.0 Å². The fourth-order valence-electron chi connectivity index (χ4n) is 4.30. The van der Waals surface area contributed by atoms with Gasteiger partial charge in [0.05, 0.1) is 17.0 Å². The van der Waals surface area contributed by atoms with Gasteiger partial charge in [-0.25, -0.2) is 0 Å². The maximum Gasteiger partial charge on any atom is 0.129 e. The highest BCUT2D eigenvalue weighted by Crippen LogP contribution is 2.44. The predicted octanol–water partition coefficient (Wildman–Crippen LogP) is 5.04. The summed E-state index contributed by atoms with van der Waals surface area (Å²) in [5, 5.41) is 6.60. The molecule has 0 amide bonds. The van der Waals surface area contributed by atoms with Gasteiger partial charge in [-0.05, 0) is 68.7 Å². The van der Waals surface area contributed by atoms with E-state index >= 15 is 0 Å². The number of nitroso groups, excluding NO2 is 1. The van der Waals surface area contributed by atoms with Gasteiger partial charge >= 0.3 is 0 Å². The Morgan fingerprint density at radius 3 is 2.71 bits per heavy atom. The Bertz CT molecular complexity index is 905. The third-order valence-electron chi connectivity index (χ3n) is 6.02. The fraction of sp³-hybridized carbons (Fsp3) is 0.400. The van der Waals surface area contributed by atoms with Crippen LogP contribution in [-0.4, -0.2) is 41.7 Å². The van der Waals surface area contributed by atoms with Gasteiger partial charge in [0.15, 0.2) is 0 Å². The highest BCUT2D eigenvalue weighted by atomic mass is 16.5. The summed E-state index contributed by atoms with van der Waals surface area (Å²) in [5.74, 6) is 0.450. The topological polar surface area (TPSA) is 66.8 Å². The van der Waals surface area contributed by atoms with Crippen molar-refractivity contribution in [3.05, 3.63) is 83.4 Å². The number of hydrogen-bond donors (Lipinski definition) is 1. The summed E-state index contributed by atoms with van der Waals surface area (Å²) >= 11 is 0. The van der Waals surface area contributed by atoms with Crippen LogP contribution < -0.4 is 5.32 Å². The van der Waals surface area contributed by atoms with Crippen LogP contribution in [0.4, 0.5) is 0 Å². The van der Waals surface area contributed by atoms with E-state index in [4.69, 9.17) is 4.74 Å². The highest BCUT2D eigenvalue weighted by molar-refractivity contribution is 5.86. The first-order valence-corrected chi connectivity index (χ1v) is 10.9. The van der Waals surface area contributed by atoms with Gasteiger partial charge in [0, 0.05) is 31.3 Å². The predicted molar refractivity (Wildman–Crippen MR) is 127 cm³/mol. The Kier molecular flexibility index (Phi) is 7.23. The standard InChI is InChI=1S/C25H32N4O2/c1-6-22(28-30)24-19(5)31-25(12-9-14-26-15-13-25)16-21(24)20-10-11-23(27-17-20)18(4)29(7-2)8-3/h6,10-11,16-17,26H,1,4-5,7-9,12-15H2,2-3H3/b24-22-. The molecule has 1 spiro atoms. The Morgan fingerprint density at radius 1 is 1.32 bits per heavy atom. The second kappa shape index (κ2) is 9.88. The van der Waals surface area contributed by atoms with E-state index in [9.17, 15) is 4.91 Å². The molecular formula is C25H32N4O2. The summed E-state index contributed by atoms with van der Waals surface area (Å²) in [6.45, 7) is 19.8. The molecule has 0 aromatic carbocycles. The molecule has 2 aliphatic heterocycles. The number of ether oxygens (including phenoxy) is 1. The number of aromatic nitrogens is 1. The lowest BCUT2D eigenvalue weighted by molar-refractivity contribution is 0.0366. The van der Waals surface area contributed by atoms with Crippen LogP contribution in [0, 0.1) is 4.91 Å². The lowest BCUT2D eigenvalue weighted by atomic mass is 9.83. The lowest BCUT2D eigenvalue weighted by Crippen LogP contribution is -2.35. The maximum absolute atomic E-state index is 11.5. The van der Waals surface area contributed by atoms with Gasteiger partial charge in [0.2, 0.25) is 0 Å². The van der Waals surface area contributed by atoms with E-state index in [-0.39, 0.29) is 5.70 Å². The Balaban J connectivity index is 2.08. The molecule has 1 aromatic heterocycles. The molecule has 2 aliphatic rings. The van der Waals surface area contributed by atoms with Crippen molar-refractivity contribution >= 4 is 11.3 Å². The van der Waals surface area contributed by atoms with E-state index in [0.29, 0.717) is 11.3 Å². The van der Waals surface area contributed by atoms with Gasteiger partial charge in [-0.1, -0.05) is 25.8 Å². The van der Waals surface area contributed by atoms with Crippen molar-refractivity contribution in [3.8, 4) is 0 Å². The third kappa shape index (κ3) is 4.69. The fourth-order valence-corrected chi connectivity index (χ4v) is 4.30. The molecule has 0 aliphatic carbocycles. The zero-order chi connectivity index (χ0) is 22.4. The summed E-state index contributed by atoms with van der Waals surface area (Å²) in [6.07, 6.45) is 8.08. The van der Waals surface area contributed by atoms with Crippen molar-refractivity contribution < 1.29 is 4.74 Å². The first-order valence-electron chi connectivity index (χ1n) is 10.9. The van der Waals surface area contributed by atoms with E-state index in [0.717, 1.165) is 68.0 Å². The largest absolute Gasteiger partial charge is 0.483 e. The van der Waals surface area contributed by atoms with Gasteiger partial charge in [-0.15, -0.1) is 4.91 Å². The van der Waals surface area contributed by atoms with Gasteiger partial charge in [0.25, 0.3) is 0 Å². The first kappa shape index (κ1) is 22.7. The van der Waals surface area contributed by atoms with Crippen LogP contribution in [0.5, 0.6) is 0 Å². The molecule has 164 valence electrons. The van der Waals surface area contributed by atoms with Crippen LogP contribution in [-0.2, 0) is 4.74 Å². The molecule has 1 unspecified atom stereocenters. The number of allylic oxidation sites excluding steroid dienone is 2. The quantitative estimate of drug-likeness (QED) is 0.626. The molecule has 0 bridgehead atoms. The first-order chi connectivity index (χ1) is 15.0. The van der Waals surface area contributed by atoms with Gasteiger partial charge in [-0.3, -0.25) is 4.98 Å². The molecule has 3 rings (SSSR count). The summed E-state index contributed by atoms with van der Waals surface area (Å²) in [6, 6.07) is 3.98. The van der Waals surface area contributed by atoms with Crippen LogP contribution in [0.15, 0.2) is 72.4 Å². The molecule has 0 radical (unpaired) electrons. The van der Waals surface area contributed by atoms with E-state index in [1.54, 1.807) is 0 Å². The number of hydrogen-bond acceptors (Lipinski definition) is 6. The smallest absolute Gasteiger partial charge is 0.129 e. The van der Waals surface area contributed by atoms with Crippen molar-refractivity contribution in [2.24, 2.45) is 5.18 Å². The molecule has 1 saturated heterocycles. The maximum atomic E-state index is 11.5. The second-order valence-electron chi connectivity index (χ2n) is 7.86. The summed E-state index contributed by atoms with van der Waals surface area (Å²) in [4.78, 5) is 18.4. The monoisotopic (exact) mass is 420 g/mol. The van der Waals surface area contributed by atoms with Crippen LogP contribution in [0.1, 0.15) is 44.4 Å². The molecule has 31 heavy (non-hydrogen) atoms. The molecule has 1 N–H and O–H groups in total. The zero-order valence-corrected chi connectivity index (χ0v) is 18.6. The van der Waals surface area contributed by atoms with E-state index in [1.165, 1.54) is 6.08 Å². The minimum absolute atomic E-state index is 0.217. The van der Waals surface area contributed by atoms with Crippen LogP contribution in [0.25, 0.3) is 11.3 Å². The molecular weight excluding hydrogens is 388 g/mol. The number of rotatable bonds is 7. The summed E-state index contributed by atoms with van der Waals surface area (Å²) < 4.78 is 6.31. The van der Waals surface area contributed by atoms with Crippen molar-refractivity contribution in [2.75, 3.05) is 26.2 Å². The number of nitrogens with zero attached hydrogens (tertiary/aromatic N) is 3. The minimum Gasteiger partial charge on any atom is -0.483 e. The van der Waals surface area contributed by atoms with Crippen LogP contribution >= 0.6 is 0 Å². The Labute approximate surface area is 185 Å². The second-order valence-corrected chi connectivity index (χ2v) is 7.86. The van der Waals surface area contributed by atoms with Gasteiger partial charge in [0.1, 0.15) is 17.1 Å². The molecule has 0 saturated carbocycles. The van der Waals surface area contributed by atoms with Crippen molar-refractivity contribution in [2.45, 2.75) is 38.7 Å². The van der Waals surface area contributed by atoms with Crippen molar-refractivity contribution in [1.29, 1.82) is 0 Å². The third-order valence-corrected chi connectivity index (χ3v) is 6.02. The van der Waals surface area contributed by atoms with Gasteiger partial charge in [-0.2, -0.15) is 0 Å². The highest BCUT2D eigenvalue weighted by Gasteiger charge is 2.38. The summed E-state index contributed by atoms with van der Waals surface area (Å²) in [5.41, 5.74) is 3.80. The molecule has 6 nitrogen and oxygen atoms in total. The minimum atomic E-state index is -0.460. The molecule has 1 atom stereocenters. The average Bonchev–Trinajstić information content (AvgIpc) is 3.01. The van der Waals surface area contributed by atoms with Crippen LogP contribution in [0.3, 0.4) is 0 Å². The SMILES string of the molecule is C=C/C(N=O)=C1\C(=C)OC2(C=C1c1ccc(C(=C)N(CC)CC)nc1)CCCNCC2. The normalized spacial score (nSPS) is 22.8.